The van der Waals surface area contributed by atoms with E-state index in [0.717, 1.165) is 4.90 Å². The Morgan fingerprint density at radius 1 is 0.861 bits per heavy atom. The molecule has 0 aromatic heterocycles. The van der Waals surface area contributed by atoms with Crippen LogP contribution in [0.3, 0.4) is 0 Å². The Kier molecular flexibility index (Phi) is 5.43. The molecule has 3 amide bonds. The molecule has 9 heteroatoms. The monoisotopic (exact) mass is 486 g/mol. The summed E-state index contributed by atoms with van der Waals surface area (Å²) in [6.07, 6.45) is 0.138. The summed E-state index contributed by atoms with van der Waals surface area (Å²) in [6, 6.07) is 16.7. The van der Waals surface area contributed by atoms with Gasteiger partial charge >= 0.3 is 0 Å². The van der Waals surface area contributed by atoms with E-state index in [2.05, 4.69) is 0 Å². The van der Waals surface area contributed by atoms with Gasteiger partial charge in [-0.05, 0) is 42.0 Å². The smallest absolute Gasteiger partial charge is 0.266 e. The van der Waals surface area contributed by atoms with Gasteiger partial charge in [0.1, 0.15) is 36.9 Å². The van der Waals surface area contributed by atoms with E-state index in [4.69, 9.17) is 24.7 Å². The standard InChI is InChI=1S/C27H22N2O7/c28-25(30)21-7-8-22-24(23(21)15-3-1-5-17(9-15)33-11-19-13-35-19)27(32)29(26(22)31)16-4-2-6-18(10-16)34-12-20-14-36-20/h1-10,19-20H,11-14H2,(H2,28,30). The number of primary amides is 1. The number of carbonyl (C=O) groups is 3. The van der Waals surface area contributed by atoms with Gasteiger partial charge in [-0.15, -0.1) is 0 Å². The van der Waals surface area contributed by atoms with Crippen LogP contribution in [-0.4, -0.2) is 56.4 Å². The molecule has 3 heterocycles. The number of epoxide rings is 2. The number of rotatable bonds is 9. The maximum Gasteiger partial charge on any atom is 0.266 e. The van der Waals surface area contributed by atoms with Crippen molar-refractivity contribution in [3.63, 3.8) is 0 Å². The molecule has 0 aliphatic carbocycles. The lowest BCUT2D eigenvalue weighted by atomic mass is 9.91. The highest BCUT2D eigenvalue weighted by Crippen LogP contribution is 2.39. The van der Waals surface area contributed by atoms with Crippen LogP contribution in [0.25, 0.3) is 11.1 Å². The maximum absolute atomic E-state index is 13.7. The van der Waals surface area contributed by atoms with Crippen molar-refractivity contribution in [1.82, 2.24) is 0 Å². The van der Waals surface area contributed by atoms with Crippen LogP contribution in [0.2, 0.25) is 0 Å². The predicted octanol–water partition coefficient (Wildman–Crippen LogP) is 2.81. The van der Waals surface area contributed by atoms with Gasteiger partial charge in [-0.2, -0.15) is 0 Å². The summed E-state index contributed by atoms with van der Waals surface area (Å²) in [5, 5.41) is 0. The molecule has 0 saturated carbocycles. The molecule has 3 aromatic rings. The van der Waals surface area contributed by atoms with Crippen molar-refractivity contribution in [1.29, 1.82) is 0 Å². The topological polar surface area (TPSA) is 124 Å². The molecule has 2 unspecified atom stereocenters. The third kappa shape index (κ3) is 4.19. The summed E-state index contributed by atoms with van der Waals surface area (Å²) in [4.78, 5) is 40.6. The lowest BCUT2D eigenvalue weighted by molar-refractivity contribution is 0.0925. The first kappa shape index (κ1) is 22.3. The summed E-state index contributed by atoms with van der Waals surface area (Å²) in [7, 11) is 0. The zero-order valence-corrected chi connectivity index (χ0v) is 19.1. The highest BCUT2D eigenvalue weighted by atomic mass is 16.6. The van der Waals surface area contributed by atoms with Gasteiger partial charge in [-0.25, -0.2) is 4.90 Å². The molecule has 2 saturated heterocycles. The third-order valence-corrected chi connectivity index (χ3v) is 6.20. The van der Waals surface area contributed by atoms with E-state index in [1.165, 1.54) is 12.1 Å². The minimum absolute atomic E-state index is 0.0688. The molecule has 3 aliphatic heterocycles. The molecule has 0 radical (unpaired) electrons. The van der Waals surface area contributed by atoms with Gasteiger partial charge in [0.15, 0.2) is 0 Å². The van der Waals surface area contributed by atoms with Crippen molar-refractivity contribution in [2.45, 2.75) is 12.2 Å². The van der Waals surface area contributed by atoms with Gasteiger partial charge < -0.3 is 24.7 Å². The van der Waals surface area contributed by atoms with E-state index >= 15 is 0 Å². The van der Waals surface area contributed by atoms with Crippen LogP contribution >= 0.6 is 0 Å². The van der Waals surface area contributed by atoms with Crippen molar-refractivity contribution >= 4 is 23.4 Å². The van der Waals surface area contributed by atoms with Gasteiger partial charge in [0, 0.05) is 17.2 Å². The number of hydrogen-bond donors (Lipinski definition) is 1. The van der Waals surface area contributed by atoms with Crippen LogP contribution in [0.1, 0.15) is 31.1 Å². The molecule has 2 atom stereocenters. The Bertz CT molecular complexity index is 1390. The number of imide groups is 1. The quantitative estimate of drug-likeness (QED) is 0.364. The summed E-state index contributed by atoms with van der Waals surface area (Å²) in [6.45, 7) is 2.10. The van der Waals surface area contributed by atoms with Crippen molar-refractivity contribution in [2.24, 2.45) is 5.73 Å². The van der Waals surface area contributed by atoms with Crippen LogP contribution in [-0.2, 0) is 9.47 Å². The van der Waals surface area contributed by atoms with E-state index < -0.39 is 17.7 Å². The zero-order chi connectivity index (χ0) is 24.8. The SMILES string of the molecule is NC(=O)c1ccc2c(c1-c1cccc(OCC3CO3)c1)C(=O)N(c1cccc(OCC3CO3)c1)C2=O. The maximum atomic E-state index is 13.7. The number of fused-ring (bicyclic) bond motifs is 1. The van der Waals surface area contributed by atoms with Gasteiger partial charge in [0.25, 0.3) is 11.8 Å². The Labute approximate surface area is 206 Å². The first-order chi connectivity index (χ1) is 17.5. The average molecular weight is 486 g/mol. The summed E-state index contributed by atoms with van der Waals surface area (Å²) < 4.78 is 21.9. The molecule has 36 heavy (non-hydrogen) atoms. The normalized spacial score (nSPS) is 19.7. The number of amides is 3. The lowest BCUT2D eigenvalue weighted by Gasteiger charge is -2.16. The summed E-state index contributed by atoms with van der Waals surface area (Å²) in [5.74, 6) is -0.681. The Hall–Kier alpha value is -4.21. The van der Waals surface area contributed by atoms with E-state index in [0.29, 0.717) is 54.7 Å². The molecule has 2 fully saturated rings. The molecule has 182 valence electrons. The minimum atomic E-state index is -0.707. The van der Waals surface area contributed by atoms with E-state index in [-0.39, 0.29) is 28.9 Å². The van der Waals surface area contributed by atoms with Gasteiger partial charge in [0.2, 0.25) is 5.91 Å². The fourth-order valence-corrected chi connectivity index (χ4v) is 4.23. The number of nitrogens with two attached hydrogens (primary N) is 1. The highest BCUT2D eigenvalue weighted by molar-refractivity contribution is 6.36. The number of benzene rings is 3. The molecular formula is C27H22N2O7. The minimum Gasteiger partial charge on any atom is -0.491 e. The second-order valence-electron chi connectivity index (χ2n) is 8.78. The fraction of sp³-hybridized carbons (Fsp3) is 0.222. The largest absolute Gasteiger partial charge is 0.491 e. The second-order valence-corrected chi connectivity index (χ2v) is 8.78. The van der Waals surface area contributed by atoms with Crippen molar-refractivity contribution in [3.8, 4) is 22.6 Å². The van der Waals surface area contributed by atoms with Crippen LogP contribution in [0.5, 0.6) is 11.5 Å². The van der Waals surface area contributed by atoms with Crippen molar-refractivity contribution in [3.05, 3.63) is 77.4 Å². The molecule has 6 rings (SSSR count). The first-order valence-electron chi connectivity index (χ1n) is 11.5. The number of nitrogens with zero attached hydrogens (tertiary/aromatic N) is 1. The van der Waals surface area contributed by atoms with Crippen LogP contribution in [0.4, 0.5) is 5.69 Å². The molecule has 9 nitrogen and oxygen atoms in total. The van der Waals surface area contributed by atoms with Gasteiger partial charge in [0.05, 0.1) is 30.0 Å². The Balaban J connectivity index is 1.39. The average Bonchev–Trinajstić information content (AvgIpc) is 3.81. The number of hydrogen-bond acceptors (Lipinski definition) is 7. The Morgan fingerprint density at radius 2 is 1.50 bits per heavy atom. The fourth-order valence-electron chi connectivity index (χ4n) is 4.23. The van der Waals surface area contributed by atoms with Crippen molar-refractivity contribution < 1.29 is 33.3 Å². The number of anilines is 1. The van der Waals surface area contributed by atoms with Gasteiger partial charge in [-0.1, -0.05) is 18.2 Å². The second kappa shape index (κ2) is 8.78. The molecule has 0 bridgehead atoms. The van der Waals surface area contributed by atoms with E-state index in [1.54, 1.807) is 48.5 Å². The lowest BCUT2D eigenvalue weighted by Crippen LogP contribution is -2.29. The molecule has 2 N–H and O–H groups in total. The van der Waals surface area contributed by atoms with Crippen LogP contribution < -0.4 is 20.1 Å². The summed E-state index contributed by atoms with van der Waals surface area (Å²) >= 11 is 0. The third-order valence-electron chi connectivity index (χ3n) is 6.20. The molecule has 3 aromatic carbocycles. The van der Waals surface area contributed by atoms with E-state index in [1.807, 2.05) is 0 Å². The van der Waals surface area contributed by atoms with Crippen LogP contribution in [0.15, 0.2) is 60.7 Å². The first-order valence-corrected chi connectivity index (χ1v) is 11.5. The predicted molar refractivity (Wildman–Crippen MR) is 128 cm³/mol. The molecule has 0 spiro atoms. The van der Waals surface area contributed by atoms with Gasteiger partial charge in [-0.3, -0.25) is 14.4 Å². The zero-order valence-electron chi connectivity index (χ0n) is 19.1. The Morgan fingerprint density at radius 3 is 2.14 bits per heavy atom. The molecule has 3 aliphatic rings. The van der Waals surface area contributed by atoms with E-state index in [9.17, 15) is 14.4 Å². The summed E-state index contributed by atoms with van der Waals surface area (Å²) in [5.41, 5.74) is 7.33. The van der Waals surface area contributed by atoms with Crippen LogP contribution in [0, 0.1) is 0 Å². The molecular weight excluding hydrogens is 464 g/mol. The number of ether oxygens (including phenoxy) is 4. The number of carbonyl (C=O) groups excluding carboxylic acids is 3. The van der Waals surface area contributed by atoms with Crippen molar-refractivity contribution in [2.75, 3.05) is 31.3 Å². The highest BCUT2D eigenvalue weighted by Gasteiger charge is 2.40.